The Morgan fingerprint density at radius 1 is 1.35 bits per heavy atom. The molecule has 1 saturated heterocycles. The van der Waals surface area contributed by atoms with Crippen molar-refractivity contribution in [2.75, 3.05) is 19.8 Å². The van der Waals surface area contributed by atoms with E-state index < -0.39 is 0 Å². The van der Waals surface area contributed by atoms with Gasteiger partial charge in [-0.1, -0.05) is 18.2 Å². The predicted molar refractivity (Wildman–Crippen MR) is 87.9 cm³/mol. The van der Waals surface area contributed by atoms with E-state index in [2.05, 4.69) is 16.8 Å². The van der Waals surface area contributed by atoms with Gasteiger partial charge in [0, 0.05) is 17.1 Å². The lowest BCUT2D eigenvalue weighted by Crippen LogP contribution is -2.42. The van der Waals surface area contributed by atoms with Crippen molar-refractivity contribution in [3.05, 3.63) is 59.9 Å². The van der Waals surface area contributed by atoms with Gasteiger partial charge >= 0.3 is 0 Å². The Labute approximate surface area is 139 Å². The molecule has 1 fully saturated rings. The highest BCUT2D eigenvalue weighted by molar-refractivity contribution is 6.31. The molecule has 0 spiro atoms. The van der Waals surface area contributed by atoms with E-state index in [4.69, 9.17) is 16.3 Å². The van der Waals surface area contributed by atoms with Gasteiger partial charge in [-0.25, -0.2) is 0 Å². The minimum atomic E-state index is -0.179. The van der Waals surface area contributed by atoms with Crippen LogP contribution in [0, 0.1) is 0 Å². The van der Waals surface area contributed by atoms with Gasteiger partial charge in [0.2, 0.25) is 5.91 Å². The summed E-state index contributed by atoms with van der Waals surface area (Å²) in [6, 6.07) is 7.42. The van der Waals surface area contributed by atoms with Crippen LogP contribution in [0.25, 0.3) is 11.1 Å². The SMILES string of the molecule is C=CC(=O)N1CCOCC1c1cc(Cl)cc(-c2ccnnc2)c1. The largest absolute Gasteiger partial charge is 0.377 e. The summed E-state index contributed by atoms with van der Waals surface area (Å²) in [5, 5.41) is 8.28. The quantitative estimate of drug-likeness (QED) is 0.812. The van der Waals surface area contributed by atoms with E-state index in [-0.39, 0.29) is 11.9 Å². The molecule has 0 bridgehead atoms. The first-order chi connectivity index (χ1) is 11.2. The molecule has 1 atom stereocenters. The van der Waals surface area contributed by atoms with Crippen molar-refractivity contribution >= 4 is 17.5 Å². The van der Waals surface area contributed by atoms with Gasteiger partial charge in [0.15, 0.2) is 0 Å². The van der Waals surface area contributed by atoms with Gasteiger partial charge in [0.25, 0.3) is 0 Å². The van der Waals surface area contributed by atoms with E-state index in [9.17, 15) is 4.79 Å². The molecule has 1 aromatic heterocycles. The van der Waals surface area contributed by atoms with Crippen LogP contribution in [0.3, 0.4) is 0 Å². The average Bonchev–Trinajstić information content (AvgIpc) is 2.61. The number of benzene rings is 1. The molecule has 5 nitrogen and oxygen atoms in total. The van der Waals surface area contributed by atoms with Crippen molar-refractivity contribution in [3.8, 4) is 11.1 Å². The summed E-state index contributed by atoms with van der Waals surface area (Å²) in [5.74, 6) is -0.106. The number of ether oxygens (including phenoxy) is 1. The van der Waals surface area contributed by atoms with Crippen LogP contribution < -0.4 is 0 Å². The highest BCUT2D eigenvalue weighted by atomic mass is 35.5. The van der Waals surface area contributed by atoms with E-state index >= 15 is 0 Å². The predicted octanol–water partition coefficient (Wildman–Crippen LogP) is 2.88. The van der Waals surface area contributed by atoms with Crippen LogP contribution in [0.1, 0.15) is 11.6 Å². The summed E-state index contributed by atoms with van der Waals surface area (Å²) in [7, 11) is 0. The Kier molecular flexibility index (Phi) is 4.69. The molecule has 1 aromatic carbocycles. The Bertz CT molecular complexity index is 721. The number of carbonyl (C=O) groups is 1. The lowest BCUT2D eigenvalue weighted by Gasteiger charge is -2.35. The molecule has 6 heteroatoms. The van der Waals surface area contributed by atoms with Crippen LogP contribution in [-0.4, -0.2) is 40.8 Å². The van der Waals surface area contributed by atoms with Gasteiger partial charge in [-0.15, -0.1) is 0 Å². The zero-order chi connectivity index (χ0) is 16.2. The minimum Gasteiger partial charge on any atom is -0.377 e. The molecular weight excluding hydrogens is 314 g/mol. The summed E-state index contributed by atoms with van der Waals surface area (Å²) in [5.41, 5.74) is 2.78. The molecule has 2 aromatic rings. The molecule has 0 aliphatic carbocycles. The second-order valence-electron chi connectivity index (χ2n) is 5.23. The number of halogens is 1. The molecule has 1 aliphatic rings. The molecule has 3 rings (SSSR count). The molecule has 1 aliphatic heterocycles. The molecule has 1 amide bonds. The maximum absolute atomic E-state index is 12.1. The van der Waals surface area contributed by atoms with Gasteiger partial charge in [0.05, 0.1) is 31.6 Å². The average molecular weight is 330 g/mol. The lowest BCUT2D eigenvalue weighted by atomic mass is 9.99. The number of hydrogen-bond donors (Lipinski definition) is 0. The standard InChI is InChI=1S/C17H16ClN3O2/c1-2-17(22)21-5-6-23-11-16(21)14-7-13(8-15(18)9-14)12-3-4-19-20-10-12/h2-4,7-10,16H,1,5-6,11H2. The van der Waals surface area contributed by atoms with Crippen LogP contribution in [0.2, 0.25) is 5.02 Å². The number of carbonyl (C=O) groups excluding carboxylic acids is 1. The summed E-state index contributed by atoms with van der Waals surface area (Å²) < 4.78 is 5.55. The number of aromatic nitrogens is 2. The van der Waals surface area contributed by atoms with Crippen molar-refractivity contribution in [2.45, 2.75) is 6.04 Å². The summed E-state index contributed by atoms with van der Waals surface area (Å²) in [6.07, 6.45) is 4.64. The van der Waals surface area contributed by atoms with Gasteiger partial charge in [-0.3, -0.25) is 4.79 Å². The number of morpholine rings is 1. The van der Waals surface area contributed by atoms with Crippen LogP contribution in [0.5, 0.6) is 0 Å². The number of nitrogens with zero attached hydrogens (tertiary/aromatic N) is 3. The third kappa shape index (κ3) is 3.41. The third-order valence-electron chi connectivity index (χ3n) is 3.81. The van der Waals surface area contributed by atoms with E-state index in [1.165, 1.54) is 6.08 Å². The molecule has 23 heavy (non-hydrogen) atoms. The maximum Gasteiger partial charge on any atom is 0.246 e. The monoisotopic (exact) mass is 329 g/mol. The Balaban J connectivity index is 2.00. The second-order valence-corrected chi connectivity index (χ2v) is 5.67. The van der Waals surface area contributed by atoms with E-state index in [1.807, 2.05) is 24.3 Å². The van der Waals surface area contributed by atoms with Gasteiger partial charge in [0.1, 0.15) is 0 Å². The summed E-state index contributed by atoms with van der Waals surface area (Å²) >= 11 is 6.28. The first-order valence-corrected chi connectivity index (χ1v) is 7.65. The fourth-order valence-corrected chi connectivity index (χ4v) is 2.94. The third-order valence-corrected chi connectivity index (χ3v) is 4.03. The zero-order valence-electron chi connectivity index (χ0n) is 12.5. The number of rotatable bonds is 3. The molecule has 0 saturated carbocycles. The van der Waals surface area contributed by atoms with Crippen molar-refractivity contribution in [2.24, 2.45) is 0 Å². The van der Waals surface area contributed by atoms with E-state index in [1.54, 1.807) is 17.3 Å². The molecule has 0 radical (unpaired) electrons. The van der Waals surface area contributed by atoms with Crippen molar-refractivity contribution in [1.82, 2.24) is 15.1 Å². The van der Waals surface area contributed by atoms with Crippen LogP contribution >= 0.6 is 11.6 Å². The van der Waals surface area contributed by atoms with Crippen LogP contribution in [0.4, 0.5) is 0 Å². The van der Waals surface area contributed by atoms with E-state index in [0.717, 1.165) is 16.7 Å². The molecule has 2 heterocycles. The zero-order valence-corrected chi connectivity index (χ0v) is 13.2. The normalized spacial score (nSPS) is 17.8. The highest BCUT2D eigenvalue weighted by Gasteiger charge is 2.27. The lowest BCUT2D eigenvalue weighted by molar-refractivity contribution is -0.134. The van der Waals surface area contributed by atoms with Crippen LogP contribution in [-0.2, 0) is 9.53 Å². The summed E-state index contributed by atoms with van der Waals surface area (Å²) in [6.45, 7) is 5.07. The number of hydrogen-bond acceptors (Lipinski definition) is 4. The Morgan fingerprint density at radius 3 is 2.96 bits per heavy atom. The topological polar surface area (TPSA) is 55.3 Å². The molecular formula is C17H16ClN3O2. The van der Waals surface area contributed by atoms with Crippen molar-refractivity contribution < 1.29 is 9.53 Å². The second kappa shape index (κ2) is 6.89. The molecule has 0 N–H and O–H groups in total. The van der Waals surface area contributed by atoms with Gasteiger partial charge in [-0.05, 0) is 41.5 Å². The Hall–Kier alpha value is -2.24. The highest BCUT2D eigenvalue weighted by Crippen LogP contribution is 2.31. The van der Waals surface area contributed by atoms with Crippen molar-refractivity contribution in [3.63, 3.8) is 0 Å². The Morgan fingerprint density at radius 2 is 2.22 bits per heavy atom. The summed E-state index contributed by atoms with van der Waals surface area (Å²) in [4.78, 5) is 13.9. The smallest absolute Gasteiger partial charge is 0.246 e. The first-order valence-electron chi connectivity index (χ1n) is 7.27. The molecule has 118 valence electrons. The molecule has 1 unspecified atom stereocenters. The van der Waals surface area contributed by atoms with Gasteiger partial charge < -0.3 is 9.64 Å². The number of amides is 1. The van der Waals surface area contributed by atoms with Crippen molar-refractivity contribution in [1.29, 1.82) is 0 Å². The minimum absolute atomic E-state index is 0.106. The van der Waals surface area contributed by atoms with Crippen LogP contribution in [0.15, 0.2) is 49.3 Å². The van der Waals surface area contributed by atoms with E-state index in [0.29, 0.717) is 24.8 Å². The van der Waals surface area contributed by atoms with Gasteiger partial charge in [-0.2, -0.15) is 10.2 Å². The fraction of sp³-hybridized carbons (Fsp3) is 0.235. The fourth-order valence-electron chi connectivity index (χ4n) is 2.69. The first kappa shape index (κ1) is 15.6. The maximum atomic E-state index is 12.1.